The van der Waals surface area contributed by atoms with E-state index in [9.17, 15) is 4.79 Å². The number of hydrogen-bond donors (Lipinski definition) is 1. The summed E-state index contributed by atoms with van der Waals surface area (Å²) >= 11 is 0. The minimum Gasteiger partial charge on any atom is -0.379 e. The summed E-state index contributed by atoms with van der Waals surface area (Å²) in [6.45, 7) is 5.91. The predicted octanol–water partition coefficient (Wildman–Crippen LogP) is 1.42. The Kier molecular flexibility index (Phi) is 5.08. The molecule has 136 valence electrons. The van der Waals surface area contributed by atoms with Gasteiger partial charge in [-0.1, -0.05) is 18.2 Å². The number of para-hydroxylation sites is 1. The smallest absolute Gasteiger partial charge is 0.277 e. The van der Waals surface area contributed by atoms with Crippen molar-refractivity contribution in [3.63, 3.8) is 0 Å². The van der Waals surface area contributed by atoms with Crippen LogP contribution < -0.4 is 10.2 Å². The van der Waals surface area contributed by atoms with Crippen LogP contribution in [-0.2, 0) is 11.2 Å². The van der Waals surface area contributed by atoms with E-state index < -0.39 is 0 Å². The molecule has 2 aromatic rings. The van der Waals surface area contributed by atoms with Crippen LogP contribution in [0.25, 0.3) is 0 Å². The first-order chi connectivity index (χ1) is 12.8. The van der Waals surface area contributed by atoms with Crippen molar-refractivity contribution in [1.29, 1.82) is 0 Å². The minimum absolute atomic E-state index is 0.0754. The highest BCUT2D eigenvalue weighted by Gasteiger charge is 2.26. The number of anilines is 2. The number of carbonyl (C=O) groups is 1. The second kappa shape index (κ2) is 7.80. The summed E-state index contributed by atoms with van der Waals surface area (Å²) in [5.74, 6) is 0.609. The van der Waals surface area contributed by atoms with E-state index >= 15 is 0 Å². The largest absolute Gasteiger partial charge is 0.379 e. The van der Waals surface area contributed by atoms with E-state index in [1.165, 1.54) is 11.9 Å². The van der Waals surface area contributed by atoms with E-state index in [1.807, 2.05) is 18.2 Å². The van der Waals surface area contributed by atoms with Gasteiger partial charge in [-0.15, -0.1) is 0 Å². The SMILES string of the molecule is O=C(c1cc(NCCN2CCOCC2)ncn1)N1CCc2ccccc21. The van der Waals surface area contributed by atoms with Crippen molar-refractivity contribution < 1.29 is 9.53 Å². The number of aromatic nitrogens is 2. The maximum Gasteiger partial charge on any atom is 0.277 e. The molecule has 0 unspecified atom stereocenters. The normalized spacial score (nSPS) is 17.2. The van der Waals surface area contributed by atoms with E-state index in [1.54, 1.807) is 11.0 Å². The van der Waals surface area contributed by atoms with Gasteiger partial charge in [0.25, 0.3) is 5.91 Å². The molecule has 7 heteroatoms. The number of nitrogens with zero attached hydrogens (tertiary/aromatic N) is 4. The molecule has 2 aliphatic rings. The van der Waals surface area contributed by atoms with Gasteiger partial charge in [-0.3, -0.25) is 9.69 Å². The zero-order valence-corrected chi connectivity index (χ0v) is 14.7. The van der Waals surface area contributed by atoms with Crippen LogP contribution in [0.3, 0.4) is 0 Å². The summed E-state index contributed by atoms with van der Waals surface area (Å²) in [7, 11) is 0. The lowest BCUT2D eigenvalue weighted by Crippen LogP contribution is -2.39. The van der Waals surface area contributed by atoms with E-state index in [-0.39, 0.29) is 5.91 Å². The van der Waals surface area contributed by atoms with Crippen LogP contribution in [0.15, 0.2) is 36.7 Å². The molecule has 7 nitrogen and oxygen atoms in total. The second-order valence-corrected chi connectivity index (χ2v) is 6.50. The first-order valence-electron chi connectivity index (χ1n) is 9.07. The molecule has 1 saturated heterocycles. The van der Waals surface area contributed by atoms with Crippen molar-refractivity contribution in [2.75, 3.05) is 56.2 Å². The summed E-state index contributed by atoms with van der Waals surface area (Å²) in [5.41, 5.74) is 2.61. The van der Waals surface area contributed by atoms with Crippen LogP contribution in [0.5, 0.6) is 0 Å². The number of ether oxygens (including phenoxy) is 1. The highest BCUT2D eigenvalue weighted by Crippen LogP contribution is 2.28. The third-order valence-corrected chi connectivity index (χ3v) is 4.86. The molecule has 1 aromatic heterocycles. The summed E-state index contributed by atoms with van der Waals surface area (Å²) in [5, 5.41) is 3.29. The number of benzene rings is 1. The topological polar surface area (TPSA) is 70.6 Å². The number of morpholine rings is 1. The molecule has 0 radical (unpaired) electrons. The van der Waals surface area contributed by atoms with Gasteiger partial charge in [0.15, 0.2) is 0 Å². The van der Waals surface area contributed by atoms with Crippen molar-refractivity contribution in [3.05, 3.63) is 47.9 Å². The van der Waals surface area contributed by atoms with Crippen LogP contribution in [-0.4, -0.2) is 66.7 Å². The van der Waals surface area contributed by atoms with Crippen molar-refractivity contribution >= 4 is 17.4 Å². The van der Waals surface area contributed by atoms with E-state index in [2.05, 4.69) is 26.3 Å². The van der Waals surface area contributed by atoms with Gasteiger partial charge in [0.05, 0.1) is 13.2 Å². The van der Waals surface area contributed by atoms with Crippen LogP contribution >= 0.6 is 0 Å². The Morgan fingerprint density at radius 3 is 2.88 bits per heavy atom. The average Bonchev–Trinajstić information content (AvgIpc) is 3.13. The van der Waals surface area contributed by atoms with Gasteiger partial charge in [-0.25, -0.2) is 9.97 Å². The van der Waals surface area contributed by atoms with Crippen molar-refractivity contribution in [1.82, 2.24) is 14.9 Å². The summed E-state index contributed by atoms with van der Waals surface area (Å²) < 4.78 is 5.36. The van der Waals surface area contributed by atoms with Crippen molar-refractivity contribution in [2.24, 2.45) is 0 Å². The molecule has 0 aliphatic carbocycles. The predicted molar refractivity (Wildman–Crippen MR) is 99.6 cm³/mol. The van der Waals surface area contributed by atoms with Crippen molar-refractivity contribution in [2.45, 2.75) is 6.42 Å². The maximum absolute atomic E-state index is 12.9. The molecule has 1 N–H and O–H groups in total. The Hall–Kier alpha value is -2.51. The van der Waals surface area contributed by atoms with Gasteiger partial charge in [-0.05, 0) is 18.1 Å². The number of rotatable bonds is 5. The Labute approximate surface area is 153 Å². The Morgan fingerprint density at radius 2 is 2.00 bits per heavy atom. The number of amides is 1. The Morgan fingerprint density at radius 1 is 1.15 bits per heavy atom. The molecule has 0 bridgehead atoms. The second-order valence-electron chi connectivity index (χ2n) is 6.50. The fourth-order valence-corrected chi connectivity index (χ4v) is 3.43. The van der Waals surface area contributed by atoms with Crippen LogP contribution in [0.2, 0.25) is 0 Å². The number of nitrogens with one attached hydrogen (secondary N) is 1. The summed E-state index contributed by atoms with van der Waals surface area (Å²) in [6.07, 6.45) is 2.34. The highest BCUT2D eigenvalue weighted by atomic mass is 16.5. The van der Waals surface area contributed by atoms with Crippen molar-refractivity contribution in [3.8, 4) is 0 Å². The van der Waals surface area contributed by atoms with E-state index in [4.69, 9.17) is 4.74 Å². The lowest BCUT2D eigenvalue weighted by molar-refractivity contribution is 0.0398. The number of carbonyl (C=O) groups excluding carboxylic acids is 1. The third kappa shape index (κ3) is 3.68. The molecular formula is C19H23N5O2. The molecule has 1 fully saturated rings. The maximum atomic E-state index is 12.9. The highest BCUT2D eigenvalue weighted by molar-refractivity contribution is 6.06. The third-order valence-electron chi connectivity index (χ3n) is 4.86. The molecule has 4 rings (SSSR count). The zero-order valence-electron chi connectivity index (χ0n) is 14.7. The number of hydrogen-bond acceptors (Lipinski definition) is 6. The van der Waals surface area contributed by atoms with Crippen LogP contribution in [0, 0.1) is 0 Å². The number of fused-ring (bicyclic) bond motifs is 1. The quantitative estimate of drug-likeness (QED) is 0.877. The molecule has 1 aromatic carbocycles. The lowest BCUT2D eigenvalue weighted by atomic mass is 10.2. The van der Waals surface area contributed by atoms with Gasteiger partial charge in [0, 0.05) is 44.5 Å². The molecule has 0 saturated carbocycles. The molecular weight excluding hydrogens is 330 g/mol. The molecule has 1 amide bonds. The van der Waals surface area contributed by atoms with E-state index in [0.29, 0.717) is 18.1 Å². The first-order valence-corrected chi connectivity index (χ1v) is 9.07. The minimum atomic E-state index is -0.0754. The Bertz CT molecular complexity index is 776. The molecule has 3 heterocycles. The van der Waals surface area contributed by atoms with Gasteiger partial charge < -0.3 is 15.0 Å². The standard InChI is InChI=1S/C19H23N5O2/c25-19(24-7-5-15-3-1-2-4-17(15)24)16-13-18(22-14-21-16)20-6-8-23-9-11-26-12-10-23/h1-4,13-14H,5-12H2,(H,20,21,22). The Balaban J connectivity index is 1.38. The average molecular weight is 353 g/mol. The fraction of sp³-hybridized carbons (Fsp3) is 0.421. The van der Waals surface area contributed by atoms with E-state index in [0.717, 1.165) is 51.5 Å². The monoisotopic (exact) mass is 353 g/mol. The molecule has 2 aliphatic heterocycles. The molecule has 0 atom stereocenters. The van der Waals surface area contributed by atoms with Gasteiger partial charge in [0.1, 0.15) is 17.8 Å². The zero-order chi connectivity index (χ0) is 17.8. The van der Waals surface area contributed by atoms with Crippen LogP contribution in [0.1, 0.15) is 16.1 Å². The first kappa shape index (κ1) is 16.9. The van der Waals surface area contributed by atoms with Gasteiger partial charge >= 0.3 is 0 Å². The van der Waals surface area contributed by atoms with Gasteiger partial charge in [0.2, 0.25) is 0 Å². The molecule has 26 heavy (non-hydrogen) atoms. The lowest BCUT2D eigenvalue weighted by Gasteiger charge is -2.26. The summed E-state index contributed by atoms with van der Waals surface area (Å²) in [6, 6.07) is 9.77. The summed E-state index contributed by atoms with van der Waals surface area (Å²) in [4.78, 5) is 25.4. The van der Waals surface area contributed by atoms with Gasteiger partial charge in [-0.2, -0.15) is 0 Å². The van der Waals surface area contributed by atoms with Crippen LogP contribution in [0.4, 0.5) is 11.5 Å². The fourth-order valence-electron chi connectivity index (χ4n) is 3.43. The molecule has 0 spiro atoms.